The van der Waals surface area contributed by atoms with Crippen LogP contribution in [0.25, 0.3) is 33.5 Å². The number of carbonyl (C=O) groups is 2. The Morgan fingerprint density at radius 1 is 0.852 bits per heavy atom. The summed E-state index contributed by atoms with van der Waals surface area (Å²) in [6.07, 6.45) is 7.02. The molecule has 9 rings (SSSR count). The number of hydrogen-bond donors (Lipinski definition) is 3. The molecule has 0 radical (unpaired) electrons. The Morgan fingerprint density at radius 2 is 1.57 bits per heavy atom. The molecule has 2 amide bonds. The standard InChI is InChI=1S/C48H56N10O3/c1-31-25-36(9-10-37(31)27-49-45(60)46-54-47(55-61-46)48(2,3)4)43-40-26-41(53-44(40)51-29-50-43)35-7-5-33(6-8-35)34-17-20-56(21-18-34)28-32-15-22-57(23-16-32)38-11-13-39(14-12-38)58-24-19-42(59)52-30-58/h5-14,25-26,29,32,34H,15-24,27-28,30H2,1-4H3,(H,49,60)(H,52,59)(H,50,51,53). The lowest BCUT2D eigenvalue weighted by Crippen LogP contribution is -2.45. The zero-order valence-electron chi connectivity index (χ0n) is 35.7. The Hall–Kier alpha value is -6.08. The molecular formula is C48H56N10O3. The predicted octanol–water partition coefficient (Wildman–Crippen LogP) is 7.59. The van der Waals surface area contributed by atoms with E-state index >= 15 is 0 Å². The number of hydrogen-bond acceptors (Lipinski definition) is 10. The number of H-pyrrole nitrogens is 1. The Labute approximate surface area is 357 Å². The molecule has 3 saturated heterocycles. The molecule has 6 heterocycles. The van der Waals surface area contributed by atoms with Gasteiger partial charge in [0.15, 0.2) is 5.82 Å². The second kappa shape index (κ2) is 17.1. The van der Waals surface area contributed by atoms with Crippen LogP contribution in [0.3, 0.4) is 0 Å². The zero-order valence-corrected chi connectivity index (χ0v) is 35.7. The number of aryl methyl sites for hydroxylation is 1. The lowest BCUT2D eigenvalue weighted by atomic mass is 9.87. The van der Waals surface area contributed by atoms with Gasteiger partial charge in [-0.3, -0.25) is 9.59 Å². The maximum Gasteiger partial charge on any atom is 0.315 e. The number of fused-ring (bicyclic) bond motifs is 1. The fourth-order valence-electron chi connectivity index (χ4n) is 9.04. The summed E-state index contributed by atoms with van der Waals surface area (Å²) in [4.78, 5) is 48.8. The highest BCUT2D eigenvalue weighted by atomic mass is 16.5. The van der Waals surface area contributed by atoms with Crippen LogP contribution < -0.4 is 20.4 Å². The minimum absolute atomic E-state index is 0.0348. The van der Waals surface area contributed by atoms with Crippen molar-refractivity contribution in [1.82, 2.24) is 40.6 Å². The van der Waals surface area contributed by atoms with E-state index in [9.17, 15) is 9.59 Å². The number of benzene rings is 3. The minimum Gasteiger partial charge on any atom is -0.372 e. The average Bonchev–Trinajstić information content (AvgIpc) is 3.97. The van der Waals surface area contributed by atoms with Gasteiger partial charge < -0.3 is 34.8 Å². The van der Waals surface area contributed by atoms with Crippen LogP contribution in [0.4, 0.5) is 11.4 Å². The third-order valence-corrected chi connectivity index (χ3v) is 12.8. The van der Waals surface area contributed by atoms with Gasteiger partial charge in [0.25, 0.3) is 0 Å². The summed E-state index contributed by atoms with van der Waals surface area (Å²) in [5.74, 6) is 1.53. The van der Waals surface area contributed by atoms with Crippen molar-refractivity contribution in [2.24, 2.45) is 5.92 Å². The quantitative estimate of drug-likeness (QED) is 0.126. The van der Waals surface area contributed by atoms with E-state index in [0.29, 0.717) is 31.4 Å². The summed E-state index contributed by atoms with van der Waals surface area (Å²) in [7, 11) is 0. The molecule has 3 aromatic carbocycles. The molecule has 0 atom stereocenters. The van der Waals surface area contributed by atoms with Crippen molar-refractivity contribution < 1.29 is 14.1 Å². The number of anilines is 2. The maximum atomic E-state index is 12.7. The van der Waals surface area contributed by atoms with E-state index in [4.69, 9.17) is 9.51 Å². The highest BCUT2D eigenvalue weighted by molar-refractivity contribution is 5.94. The van der Waals surface area contributed by atoms with Crippen molar-refractivity contribution in [1.29, 1.82) is 0 Å². The third kappa shape index (κ3) is 9.02. The van der Waals surface area contributed by atoms with E-state index < -0.39 is 5.91 Å². The molecule has 13 nitrogen and oxygen atoms in total. The van der Waals surface area contributed by atoms with Crippen molar-refractivity contribution >= 4 is 34.2 Å². The van der Waals surface area contributed by atoms with Gasteiger partial charge in [-0.1, -0.05) is 62.3 Å². The monoisotopic (exact) mass is 820 g/mol. The molecule has 0 unspecified atom stereocenters. The maximum absolute atomic E-state index is 12.7. The second-order valence-corrected chi connectivity index (χ2v) is 18.1. The molecule has 3 aliphatic rings. The molecule has 316 valence electrons. The fourth-order valence-corrected chi connectivity index (χ4v) is 9.04. The van der Waals surface area contributed by atoms with Gasteiger partial charge in [0.05, 0.1) is 12.4 Å². The van der Waals surface area contributed by atoms with Gasteiger partial charge in [0.1, 0.15) is 12.0 Å². The van der Waals surface area contributed by atoms with E-state index in [1.54, 1.807) is 6.33 Å². The molecule has 3 aliphatic heterocycles. The molecule has 0 aliphatic carbocycles. The first-order valence-electron chi connectivity index (χ1n) is 21.8. The van der Waals surface area contributed by atoms with E-state index in [-0.39, 0.29) is 17.2 Å². The summed E-state index contributed by atoms with van der Waals surface area (Å²) in [5, 5.41) is 10.8. The number of nitrogens with zero attached hydrogens (tertiary/aromatic N) is 7. The van der Waals surface area contributed by atoms with E-state index in [1.807, 2.05) is 39.8 Å². The van der Waals surface area contributed by atoms with Gasteiger partial charge in [0, 0.05) is 72.6 Å². The average molecular weight is 821 g/mol. The fraction of sp³-hybridized carbons (Fsp3) is 0.417. The Balaban J connectivity index is 0.760. The van der Waals surface area contributed by atoms with Crippen LogP contribution in [0.15, 0.2) is 83.6 Å². The third-order valence-electron chi connectivity index (χ3n) is 12.8. The molecule has 13 heteroatoms. The van der Waals surface area contributed by atoms with Crippen molar-refractivity contribution in [2.75, 3.05) is 55.7 Å². The first kappa shape index (κ1) is 40.3. The summed E-state index contributed by atoms with van der Waals surface area (Å²) < 4.78 is 5.21. The molecule has 0 bridgehead atoms. The molecule has 3 aromatic heterocycles. The summed E-state index contributed by atoms with van der Waals surface area (Å²) in [6, 6.07) is 26.3. The van der Waals surface area contributed by atoms with Crippen LogP contribution in [0, 0.1) is 12.8 Å². The topological polar surface area (TPSA) is 148 Å². The van der Waals surface area contributed by atoms with Crippen LogP contribution in [0.1, 0.15) is 92.0 Å². The van der Waals surface area contributed by atoms with Gasteiger partial charge in [-0.25, -0.2) is 9.97 Å². The summed E-state index contributed by atoms with van der Waals surface area (Å²) in [6.45, 7) is 15.4. The van der Waals surface area contributed by atoms with Crippen molar-refractivity contribution in [3.05, 3.63) is 108 Å². The first-order chi connectivity index (χ1) is 29.5. The number of aromatic nitrogens is 5. The summed E-state index contributed by atoms with van der Waals surface area (Å²) >= 11 is 0. The number of likely N-dealkylation sites (tertiary alicyclic amines) is 1. The largest absolute Gasteiger partial charge is 0.372 e. The smallest absolute Gasteiger partial charge is 0.315 e. The molecule has 0 spiro atoms. The number of nitrogens with one attached hydrogen (secondary N) is 3. The summed E-state index contributed by atoms with van der Waals surface area (Å²) in [5.41, 5.74) is 10.4. The van der Waals surface area contributed by atoms with Crippen molar-refractivity contribution in [2.45, 2.75) is 77.7 Å². The number of rotatable bonds is 10. The first-order valence-corrected chi connectivity index (χ1v) is 21.8. The molecule has 61 heavy (non-hydrogen) atoms. The van der Waals surface area contributed by atoms with Gasteiger partial charge in [-0.2, -0.15) is 4.98 Å². The molecule has 3 N–H and O–H groups in total. The molecular weight excluding hydrogens is 765 g/mol. The predicted molar refractivity (Wildman–Crippen MR) is 238 cm³/mol. The van der Waals surface area contributed by atoms with Crippen LogP contribution in [0.5, 0.6) is 0 Å². The van der Waals surface area contributed by atoms with Crippen LogP contribution in [0.2, 0.25) is 0 Å². The Kier molecular flexibility index (Phi) is 11.3. The number of aromatic amines is 1. The Bertz CT molecular complexity index is 2480. The zero-order chi connectivity index (χ0) is 42.1. The number of amides is 2. The number of piperidine rings is 2. The van der Waals surface area contributed by atoms with E-state index in [1.165, 1.54) is 49.2 Å². The highest BCUT2D eigenvalue weighted by Crippen LogP contribution is 2.34. The van der Waals surface area contributed by atoms with Gasteiger partial charge in [0.2, 0.25) is 5.91 Å². The van der Waals surface area contributed by atoms with Crippen LogP contribution >= 0.6 is 0 Å². The molecule has 6 aromatic rings. The van der Waals surface area contributed by atoms with Gasteiger partial charge >= 0.3 is 11.8 Å². The van der Waals surface area contributed by atoms with Gasteiger partial charge in [-0.15, -0.1) is 0 Å². The Morgan fingerprint density at radius 3 is 2.25 bits per heavy atom. The highest BCUT2D eigenvalue weighted by Gasteiger charge is 2.27. The SMILES string of the molecule is Cc1cc(-c2ncnc3[nH]c(-c4ccc(C5CCN(CC6CCN(c7ccc(N8CCC(=O)NC8)cc7)CC6)CC5)cc4)cc23)ccc1CNC(=O)c1nc(C(C)(C)C)no1. The number of carbonyl (C=O) groups excluding carboxylic acids is 2. The lowest BCUT2D eigenvalue weighted by Gasteiger charge is -2.38. The van der Waals surface area contributed by atoms with E-state index in [0.717, 1.165) is 83.3 Å². The van der Waals surface area contributed by atoms with Crippen molar-refractivity contribution in [3.8, 4) is 22.5 Å². The molecule has 3 fully saturated rings. The molecule has 0 saturated carbocycles. The van der Waals surface area contributed by atoms with Crippen molar-refractivity contribution in [3.63, 3.8) is 0 Å². The van der Waals surface area contributed by atoms with Crippen LogP contribution in [-0.4, -0.2) is 87.7 Å². The minimum atomic E-state index is -0.395. The van der Waals surface area contributed by atoms with Gasteiger partial charge in [-0.05, 0) is 116 Å². The van der Waals surface area contributed by atoms with E-state index in [2.05, 4.69) is 106 Å². The lowest BCUT2D eigenvalue weighted by molar-refractivity contribution is -0.121. The van der Waals surface area contributed by atoms with Crippen LogP contribution in [-0.2, 0) is 16.8 Å². The second-order valence-electron chi connectivity index (χ2n) is 18.1. The normalized spacial score (nSPS) is 17.2.